The van der Waals surface area contributed by atoms with Crippen molar-refractivity contribution in [3.63, 3.8) is 0 Å². The predicted molar refractivity (Wildman–Crippen MR) is 60.0 cm³/mol. The van der Waals surface area contributed by atoms with Crippen LogP contribution in [0.2, 0.25) is 0 Å². The van der Waals surface area contributed by atoms with E-state index in [1.54, 1.807) is 30.3 Å². The Morgan fingerprint density at radius 2 is 1.39 bits per heavy atom. The van der Waals surface area contributed by atoms with Crippen LogP contribution >= 0.6 is 0 Å². The first-order chi connectivity index (χ1) is 8.59. The summed E-state index contributed by atoms with van der Waals surface area (Å²) in [6, 6.07) is 8.55. The molecule has 5 heteroatoms. The number of hydrogen-bond donors (Lipinski definition) is 0. The van der Waals surface area contributed by atoms with Crippen molar-refractivity contribution in [3.05, 3.63) is 65.2 Å². The third-order valence-corrected chi connectivity index (χ3v) is 2.23. The molecule has 0 unspecified atom stereocenters. The molecule has 0 aliphatic carbocycles. The fraction of sp³-hybridized carbons (Fsp3) is 0. The second-order valence-electron chi connectivity index (χ2n) is 3.49. The van der Waals surface area contributed by atoms with E-state index in [9.17, 15) is 17.6 Å². The third-order valence-electron chi connectivity index (χ3n) is 2.23. The van der Waals surface area contributed by atoms with Crippen LogP contribution in [0.4, 0.5) is 23.2 Å². The molecule has 18 heavy (non-hydrogen) atoms. The van der Waals surface area contributed by atoms with Gasteiger partial charge in [0.2, 0.25) is 0 Å². The van der Waals surface area contributed by atoms with E-state index in [1.165, 1.54) is 0 Å². The van der Waals surface area contributed by atoms with E-state index < -0.39 is 29.0 Å². The molecule has 1 nitrogen and oxygen atoms in total. The van der Waals surface area contributed by atoms with Crippen molar-refractivity contribution in [3.8, 4) is 0 Å². The number of rotatable bonds is 2. The molecule has 2 aromatic carbocycles. The zero-order valence-corrected chi connectivity index (χ0v) is 9.00. The lowest BCUT2D eigenvalue weighted by Gasteiger charge is -2.01. The molecule has 2 rings (SSSR count). The lowest BCUT2D eigenvalue weighted by Crippen LogP contribution is -1.94. The Hall–Kier alpha value is -2.17. The van der Waals surface area contributed by atoms with E-state index in [1.807, 2.05) is 0 Å². The van der Waals surface area contributed by atoms with Crippen LogP contribution in [0, 0.1) is 23.3 Å². The summed E-state index contributed by atoms with van der Waals surface area (Å²) in [6.45, 7) is 0. The van der Waals surface area contributed by atoms with Crippen molar-refractivity contribution in [1.29, 1.82) is 0 Å². The molecular formula is C13H7F4N. The smallest absolute Gasteiger partial charge is 0.187 e. The molecule has 0 saturated carbocycles. The summed E-state index contributed by atoms with van der Waals surface area (Å²) >= 11 is 0. The molecule has 0 amide bonds. The molecule has 0 fully saturated rings. The number of halogens is 4. The zero-order valence-electron chi connectivity index (χ0n) is 9.00. The Kier molecular flexibility index (Phi) is 3.41. The highest BCUT2D eigenvalue weighted by molar-refractivity contribution is 5.81. The normalized spacial score (nSPS) is 11.1. The molecule has 0 spiro atoms. The summed E-state index contributed by atoms with van der Waals surface area (Å²) in [4.78, 5) is 3.44. The van der Waals surface area contributed by atoms with Gasteiger partial charge in [-0.15, -0.1) is 0 Å². The Morgan fingerprint density at radius 1 is 0.833 bits per heavy atom. The number of benzene rings is 2. The maximum absolute atomic E-state index is 13.2. The second-order valence-corrected chi connectivity index (χ2v) is 3.49. The maximum Gasteiger partial charge on any atom is 0.187 e. The molecular weight excluding hydrogens is 246 g/mol. The van der Waals surface area contributed by atoms with Crippen LogP contribution in [0.25, 0.3) is 0 Å². The van der Waals surface area contributed by atoms with Crippen molar-refractivity contribution in [2.75, 3.05) is 0 Å². The molecule has 0 aliphatic rings. The summed E-state index contributed by atoms with van der Waals surface area (Å²) in [5.74, 6) is -5.98. The van der Waals surface area contributed by atoms with Crippen LogP contribution in [0.1, 0.15) is 5.56 Å². The molecule has 0 N–H and O–H groups in total. The summed E-state index contributed by atoms with van der Waals surface area (Å²) in [5, 5.41) is 0. The molecule has 0 radical (unpaired) electrons. The van der Waals surface area contributed by atoms with Gasteiger partial charge < -0.3 is 0 Å². The standard InChI is InChI=1S/C13H7F4N/c14-9-6-10(15)12(17)13(11(9)16)18-7-8-4-2-1-3-5-8/h1-7H. The van der Waals surface area contributed by atoms with E-state index in [4.69, 9.17) is 0 Å². The summed E-state index contributed by atoms with van der Waals surface area (Å²) in [5.41, 5.74) is -0.419. The first kappa shape index (κ1) is 12.3. The fourth-order valence-corrected chi connectivity index (χ4v) is 1.35. The summed E-state index contributed by atoms with van der Waals surface area (Å²) in [7, 11) is 0. The van der Waals surface area contributed by atoms with Gasteiger partial charge in [0.1, 0.15) is 5.69 Å². The zero-order chi connectivity index (χ0) is 13.1. The highest BCUT2D eigenvalue weighted by Crippen LogP contribution is 2.26. The average molecular weight is 253 g/mol. The topological polar surface area (TPSA) is 12.4 Å². The van der Waals surface area contributed by atoms with Crippen LogP contribution in [0.5, 0.6) is 0 Å². The first-order valence-electron chi connectivity index (χ1n) is 5.01. The Morgan fingerprint density at radius 3 is 1.94 bits per heavy atom. The van der Waals surface area contributed by atoms with E-state index in [2.05, 4.69) is 4.99 Å². The van der Waals surface area contributed by atoms with Crippen LogP contribution in [0.3, 0.4) is 0 Å². The minimum Gasteiger partial charge on any atom is -0.250 e. The Labute approximate surface area is 100 Å². The third kappa shape index (κ3) is 2.40. The molecule has 0 atom stereocenters. The molecule has 0 bridgehead atoms. The SMILES string of the molecule is Fc1cc(F)c(F)c(N=Cc2ccccc2)c1F. The highest BCUT2D eigenvalue weighted by atomic mass is 19.2. The lowest BCUT2D eigenvalue weighted by molar-refractivity contribution is 0.457. The minimum absolute atomic E-state index is 0.145. The van der Waals surface area contributed by atoms with Crippen LogP contribution in [-0.4, -0.2) is 6.21 Å². The van der Waals surface area contributed by atoms with Gasteiger partial charge in [0.25, 0.3) is 0 Å². The molecule has 0 saturated heterocycles. The lowest BCUT2D eigenvalue weighted by atomic mass is 10.2. The van der Waals surface area contributed by atoms with Gasteiger partial charge in [0.05, 0.1) is 0 Å². The van der Waals surface area contributed by atoms with Gasteiger partial charge in [-0.25, -0.2) is 22.6 Å². The minimum atomic E-state index is -1.51. The van der Waals surface area contributed by atoms with E-state index in [0.717, 1.165) is 6.21 Å². The molecule has 0 aromatic heterocycles. The van der Waals surface area contributed by atoms with Gasteiger partial charge >= 0.3 is 0 Å². The molecule has 0 heterocycles. The van der Waals surface area contributed by atoms with Gasteiger partial charge in [-0.1, -0.05) is 30.3 Å². The van der Waals surface area contributed by atoms with Crippen molar-refractivity contribution in [1.82, 2.24) is 0 Å². The molecule has 0 aliphatic heterocycles. The predicted octanol–water partition coefficient (Wildman–Crippen LogP) is 3.99. The Balaban J connectivity index is 2.44. The van der Waals surface area contributed by atoms with Crippen molar-refractivity contribution < 1.29 is 17.6 Å². The van der Waals surface area contributed by atoms with E-state index >= 15 is 0 Å². The molecule has 92 valence electrons. The monoisotopic (exact) mass is 253 g/mol. The highest BCUT2D eigenvalue weighted by Gasteiger charge is 2.17. The van der Waals surface area contributed by atoms with Gasteiger partial charge in [-0.3, -0.25) is 0 Å². The van der Waals surface area contributed by atoms with E-state index in [-0.39, 0.29) is 6.07 Å². The van der Waals surface area contributed by atoms with Gasteiger partial charge in [0.15, 0.2) is 23.3 Å². The quantitative estimate of drug-likeness (QED) is 0.436. The largest absolute Gasteiger partial charge is 0.250 e. The first-order valence-corrected chi connectivity index (χ1v) is 5.01. The van der Waals surface area contributed by atoms with Gasteiger partial charge in [0, 0.05) is 12.3 Å². The number of hydrogen-bond acceptors (Lipinski definition) is 1. The molecule has 2 aromatic rings. The summed E-state index contributed by atoms with van der Waals surface area (Å²) < 4.78 is 52.3. The van der Waals surface area contributed by atoms with Crippen molar-refractivity contribution in [2.24, 2.45) is 4.99 Å². The average Bonchev–Trinajstić information content (AvgIpc) is 2.38. The maximum atomic E-state index is 13.2. The van der Waals surface area contributed by atoms with Crippen molar-refractivity contribution >= 4 is 11.9 Å². The number of aliphatic imine (C=N–C) groups is 1. The van der Waals surface area contributed by atoms with Crippen LogP contribution in [-0.2, 0) is 0 Å². The number of nitrogens with zero attached hydrogens (tertiary/aromatic N) is 1. The van der Waals surface area contributed by atoms with Gasteiger partial charge in [-0.2, -0.15) is 0 Å². The van der Waals surface area contributed by atoms with E-state index in [0.29, 0.717) is 5.56 Å². The second kappa shape index (κ2) is 5.00. The summed E-state index contributed by atoms with van der Waals surface area (Å²) in [6.07, 6.45) is 1.13. The van der Waals surface area contributed by atoms with Crippen molar-refractivity contribution in [2.45, 2.75) is 0 Å². The van der Waals surface area contributed by atoms with Crippen LogP contribution < -0.4 is 0 Å². The Bertz CT molecular complexity index is 567. The fourth-order valence-electron chi connectivity index (χ4n) is 1.35. The van der Waals surface area contributed by atoms with Gasteiger partial charge in [-0.05, 0) is 5.56 Å². The van der Waals surface area contributed by atoms with Crippen LogP contribution in [0.15, 0.2) is 41.4 Å².